The lowest BCUT2D eigenvalue weighted by molar-refractivity contribution is -0.181. The van der Waals surface area contributed by atoms with Gasteiger partial charge < -0.3 is 15.9 Å². The molecule has 3 aliphatic rings. The molecule has 4 N–H and O–H groups in total. The van der Waals surface area contributed by atoms with Crippen molar-refractivity contribution in [3.8, 4) is 16.9 Å². The summed E-state index contributed by atoms with van der Waals surface area (Å²) in [6, 6.07) is 7.24. The summed E-state index contributed by atoms with van der Waals surface area (Å²) in [7, 11) is 3.10. The minimum Gasteiger partial charge on any atom is -0.507 e. The second kappa shape index (κ2) is 10.1. The molecule has 0 radical (unpaired) electrons. The number of phenolic OH excluding ortho intramolecular Hbond substituents is 1. The molecule has 0 spiro atoms. The maximum Gasteiger partial charge on any atom is 0.235 e. The van der Waals surface area contributed by atoms with Crippen molar-refractivity contribution in [3.63, 3.8) is 0 Å². The number of likely N-dealkylation sites (N-methyl/N-ethyl adjacent to an activating group) is 1. The molecule has 2 aromatic rings. The first-order valence-corrected chi connectivity index (χ1v) is 14.0. The van der Waals surface area contributed by atoms with Gasteiger partial charge in [0.25, 0.3) is 0 Å². The average molecular weight is 575 g/mol. The Hall–Kier alpha value is -4.02. The molecule has 10 heteroatoms. The van der Waals surface area contributed by atoms with Crippen LogP contribution < -0.4 is 5.73 Å². The normalized spacial score (nSPS) is 28.9. The fourth-order valence-corrected chi connectivity index (χ4v) is 7.32. The van der Waals surface area contributed by atoms with Crippen LogP contribution in [0, 0.1) is 23.7 Å². The number of phenols is 1. The number of ketones is 5. The van der Waals surface area contributed by atoms with Crippen molar-refractivity contribution in [2.75, 3.05) is 14.1 Å². The van der Waals surface area contributed by atoms with Crippen LogP contribution in [0.2, 0.25) is 0 Å². The zero-order chi connectivity index (χ0) is 31.0. The van der Waals surface area contributed by atoms with E-state index in [4.69, 9.17) is 5.73 Å². The molecule has 0 aliphatic heterocycles. The van der Waals surface area contributed by atoms with Gasteiger partial charge in [-0.15, -0.1) is 0 Å². The topological polar surface area (TPSA) is 172 Å². The van der Waals surface area contributed by atoms with E-state index in [0.29, 0.717) is 22.3 Å². The first-order valence-electron chi connectivity index (χ1n) is 14.0. The van der Waals surface area contributed by atoms with Crippen molar-refractivity contribution in [1.29, 1.82) is 0 Å². The first-order chi connectivity index (χ1) is 19.6. The minimum absolute atomic E-state index is 0.00352. The number of carbonyl (C=O) groups is 6. The second-order valence-electron chi connectivity index (χ2n) is 12.3. The van der Waals surface area contributed by atoms with Crippen molar-refractivity contribution in [2.45, 2.75) is 51.2 Å². The number of aromatic hydroxyl groups is 1. The quantitative estimate of drug-likeness (QED) is 0.356. The number of amides is 1. The average Bonchev–Trinajstić information content (AvgIpc) is 2.90. The Morgan fingerprint density at radius 2 is 1.67 bits per heavy atom. The van der Waals surface area contributed by atoms with E-state index in [1.807, 2.05) is 19.9 Å². The number of hydrogen-bond acceptors (Lipinski definition) is 9. The molecule has 2 fully saturated rings. The summed E-state index contributed by atoms with van der Waals surface area (Å²) in [4.78, 5) is 80.4. The molecule has 10 nitrogen and oxygen atoms in total. The van der Waals surface area contributed by atoms with E-state index in [2.05, 4.69) is 0 Å². The number of nitrogens with zero attached hydrogens (tertiary/aromatic N) is 1. The van der Waals surface area contributed by atoms with Gasteiger partial charge in [-0.2, -0.15) is 0 Å². The van der Waals surface area contributed by atoms with Crippen LogP contribution in [0.25, 0.3) is 11.1 Å². The van der Waals surface area contributed by atoms with Gasteiger partial charge in [0.1, 0.15) is 5.75 Å². The summed E-state index contributed by atoms with van der Waals surface area (Å²) < 4.78 is 0. The first kappa shape index (κ1) is 29.5. The van der Waals surface area contributed by atoms with Gasteiger partial charge in [0.15, 0.2) is 40.4 Å². The van der Waals surface area contributed by atoms with Gasteiger partial charge in [-0.05, 0) is 68.5 Å². The van der Waals surface area contributed by atoms with Gasteiger partial charge in [0.2, 0.25) is 5.91 Å². The highest BCUT2D eigenvalue weighted by Gasteiger charge is 2.69. The number of nitrogens with two attached hydrogens (primary N) is 1. The Labute approximate surface area is 242 Å². The van der Waals surface area contributed by atoms with Crippen molar-refractivity contribution >= 4 is 34.8 Å². The fraction of sp³-hybridized carbons (Fsp3) is 0.438. The molecular formula is C32H34N2O8. The molecule has 0 saturated heterocycles. The number of fused-ring (bicyclic) bond motifs is 3. The van der Waals surface area contributed by atoms with Crippen LogP contribution >= 0.6 is 0 Å². The van der Waals surface area contributed by atoms with Crippen molar-refractivity contribution in [1.82, 2.24) is 4.90 Å². The molecule has 42 heavy (non-hydrogen) atoms. The van der Waals surface area contributed by atoms with Gasteiger partial charge in [-0.1, -0.05) is 38.1 Å². The summed E-state index contributed by atoms with van der Waals surface area (Å²) in [5.41, 5.74) is 5.34. The largest absolute Gasteiger partial charge is 0.507 e. The van der Waals surface area contributed by atoms with E-state index in [1.54, 1.807) is 38.4 Å². The van der Waals surface area contributed by atoms with Crippen LogP contribution in [0.3, 0.4) is 0 Å². The van der Waals surface area contributed by atoms with E-state index in [0.717, 1.165) is 5.56 Å². The number of benzene rings is 2. The summed E-state index contributed by atoms with van der Waals surface area (Å²) in [6.07, 6.45) is 0.201. The Balaban J connectivity index is 1.67. The second-order valence-corrected chi connectivity index (χ2v) is 12.3. The molecule has 6 atom stereocenters. The lowest BCUT2D eigenvalue weighted by atomic mass is 9.52. The monoisotopic (exact) mass is 574 g/mol. The van der Waals surface area contributed by atoms with Gasteiger partial charge >= 0.3 is 0 Å². The van der Waals surface area contributed by atoms with Crippen LogP contribution in [0.4, 0.5) is 0 Å². The number of rotatable bonds is 5. The Kier molecular flexibility index (Phi) is 7.06. The van der Waals surface area contributed by atoms with E-state index >= 15 is 0 Å². The summed E-state index contributed by atoms with van der Waals surface area (Å²) in [5.74, 6) is -11.0. The maximum atomic E-state index is 14.2. The Morgan fingerprint density at radius 1 is 1.05 bits per heavy atom. The predicted octanol–water partition coefficient (Wildman–Crippen LogP) is 1.86. The van der Waals surface area contributed by atoms with Crippen LogP contribution in [0.15, 0.2) is 30.3 Å². The van der Waals surface area contributed by atoms with Crippen LogP contribution in [0.1, 0.15) is 65.0 Å². The molecule has 2 unspecified atom stereocenters. The van der Waals surface area contributed by atoms with Gasteiger partial charge in [0.05, 0.1) is 17.5 Å². The van der Waals surface area contributed by atoms with E-state index < -0.39 is 64.4 Å². The molecule has 5 rings (SSSR count). The highest BCUT2D eigenvalue weighted by molar-refractivity contribution is 6.32. The number of aliphatic hydroxyl groups is 1. The SMILES string of the molecule is CC(=O)c1ccc(-c2cc(C(C)C)c3c(c2O)C(=O)C2C(=O)[C@@]4(O)C(=O)C(C(N)=O)C(=O)[C@H](N(C)C)[C@H]4C[C@H]2C3)cc1. The smallest absolute Gasteiger partial charge is 0.235 e. The molecule has 0 bridgehead atoms. The maximum absolute atomic E-state index is 14.2. The van der Waals surface area contributed by atoms with Gasteiger partial charge in [0, 0.05) is 17.0 Å². The summed E-state index contributed by atoms with van der Waals surface area (Å²) >= 11 is 0. The fourth-order valence-electron chi connectivity index (χ4n) is 7.32. The molecular weight excluding hydrogens is 540 g/mol. The molecule has 3 aliphatic carbocycles. The molecule has 1 amide bonds. The van der Waals surface area contributed by atoms with Crippen molar-refractivity contribution < 1.29 is 39.0 Å². The van der Waals surface area contributed by atoms with E-state index in [1.165, 1.54) is 11.8 Å². The third-order valence-electron chi connectivity index (χ3n) is 9.32. The Morgan fingerprint density at radius 3 is 2.19 bits per heavy atom. The number of carbonyl (C=O) groups excluding carboxylic acids is 6. The van der Waals surface area contributed by atoms with Crippen LogP contribution in [-0.2, 0) is 25.6 Å². The lowest BCUT2D eigenvalue weighted by Crippen LogP contribution is -2.74. The van der Waals surface area contributed by atoms with Gasteiger partial charge in [-0.25, -0.2) is 0 Å². The molecule has 0 heterocycles. The van der Waals surface area contributed by atoms with E-state index in [-0.39, 0.29) is 35.9 Å². The highest BCUT2D eigenvalue weighted by Crippen LogP contribution is 2.52. The van der Waals surface area contributed by atoms with Crippen molar-refractivity contribution in [2.24, 2.45) is 29.4 Å². The standard InChI is InChI=1S/C32H34N2O8/c1-13(2)18-12-19(16-8-6-15(7-9-16)14(3)35)26(36)23-20(18)10-17-11-21-25(34(4)5)28(38)24(31(33)41)30(40)32(21,42)29(39)22(17)27(23)37/h6-9,12-13,17,21-22,24-25,36,42H,10-11H2,1-5H3,(H2,33,41)/t17-,21-,22?,24?,25-,32-/m1/s1. The molecule has 0 aromatic heterocycles. The Bertz CT molecular complexity index is 1570. The zero-order valence-electron chi connectivity index (χ0n) is 24.1. The lowest BCUT2D eigenvalue weighted by Gasteiger charge is -2.52. The van der Waals surface area contributed by atoms with Gasteiger partial charge in [-0.3, -0.25) is 33.7 Å². The molecule has 2 aromatic carbocycles. The third-order valence-corrected chi connectivity index (χ3v) is 9.32. The number of primary amides is 1. The number of Topliss-reactive ketones (excluding diaryl/α,β-unsaturated/α-hetero) is 5. The third kappa shape index (κ3) is 4.07. The minimum atomic E-state index is -2.77. The zero-order valence-corrected chi connectivity index (χ0v) is 24.1. The summed E-state index contributed by atoms with van der Waals surface area (Å²) in [6.45, 7) is 5.33. The molecule has 220 valence electrons. The molecule has 2 saturated carbocycles. The summed E-state index contributed by atoms with van der Waals surface area (Å²) in [5, 5.41) is 23.3. The van der Waals surface area contributed by atoms with Crippen LogP contribution in [-0.4, -0.2) is 75.7 Å². The van der Waals surface area contributed by atoms with E-state index in [9.17, 15) is 39.0 Å². The van der Waals surface area contributed by atoms with Crippen LogP contribution in [0.5, 0.6) is 5.75 Å². The highest BCUT2D eigenvalue weighted by atomic mass is 16.3. The van der Waals surface area contributed by atoms with Crippen molar-refractivity contribution in [3.05, 3.63) is 52.6 Å². The number of hydrogen-bond donors (Lipinski definition) is 3. The predicted molar refractivity (Wildman–Crippen MR) is 151 cm³/mol.